The van der Waals surface area contributed by atoms with Crippen LogP contribution in [-0.4, -0.2) is 53.9 Å². The quantitative estimate of drug-likeness (QED) is 0.904. The Hall–Kier alpha value is -2.89. The standard InChI is InChI=1S/C20H24N4O2/c1-23(2)19(25)18-14-17(9-11-21-18)22-20(26)24-12-5-8-15-6-3-4-7-16(15)10-13-24/h3-4,6-7,9,11,14H,5,8,10,12-13H2,1-2H3,(H,21,22,26). The molecule has 1 aliphatic rings. The number of anilines is 1. The molecule has 1 aromatic carbocycles. The minimum absolute atomic E-state index is 0.140. The van der Waals surface area contributed by atoms with Crippen LogP contribution < -0.4 is 5.32 Å². The van der Waals surface area contributed by atoms with Gasteiger partial charge in [-0.05, 0) is 42.5 Å². The molecule has 6 nitrogen and oxygen atoms in total. The van der Waals surface area contributed by atoms with E-state index in [0.717, 1.165) is 25.8 Å². The Balaban J connectivity index is 1.67. The van der Waals surface area contributed by atoms with Crippen molar-refractivity contribution in [2.24, 2.45) is 0 Å². The van der Waals surface area contributed by atoms with Crippen LogP contribution in [0.3, 0.4) is 0 Å². The summed E-state index contributed by atoms with van der Waals surface area (Å²) in [6.07, 6.45) is 4.31. The maximum atomic E-state index is 12.7. The first kappa shape index (κ1) is 17.9. The smallest absolute Gasteiger partial charge is 0.321 e. The van der Waals surface area contributed by atoms with Crippen molar-refractivity contribution in [3.05, 3.63) is 59.4 Å². The van der Waals surface area contributed by atoms with Gasteiger partial charge in [-0.1, -0.05) is 24.3 Å². The summed E-state index contributed by atoms with van der Waals surface area (Å²) in [6.45, 7) is 1.39. The van der Waals surface area contributed by atoms with Gasteiger partial charge in [0.25, 0.3) is 5.91 Å². The predicted octanol–water partition coefficient (Wildman–Crippen LogP) is 2.81. The van der Waals surface area contributed by atoms with Gasteiger partial charge in [-0.3, -0.25) is 9.78 Å². The zero-order valence-corrected chi connectivity index (χ0v) is 15.2. The fraction of sp³-hybridized carbons (Fsp3) is 0.350. The van der Waals surface area contributed by atoms with E-state index in [1.807, 2.05) is 11.0 Å². The molecule has 0 fully saturated rings. The Morgan fingerprint density at radius 2 is 1.81 bits per heavy atom. The predicted molar refractivity (Wildman–Crippen MR) is 101 cm³/mol. The Labute approximate surface area is 153 Å². The summed E-state index contributed by atoms with van der Waals surface area (Å²) in [5.41, 5.74) is 3.59. The zero-order valence-electron chi connectivity index (χ0n) is 15.2. The molecule has 0 unspecified atom stereocenters. The third-order valence-electron chi connectivity index (χ3n) is 4.57. The van der Waals surface area contributed by atoms with E-state index in [0.29, 0.717) is 17.9 Å². The van der Waals surface area contributed by atoms with Crippen molar-refractivity contribution in [2.75, 3.05) is 32.5 Å². The Bertz CT molecular complexity index is 804. The van der Waals surface area contributed by atoms with Crippen LogP contribution in [0.5, 0.6) is 0 Å². The largest absolute Gasteiger partial charge is 0.343 e. The number of benzene rings is 1. The summed E-state index contributed by atoms with van der Waals surface area (Å²) in [4.78, 5) is 32.1. The van der Waals surface area contributed by atoms with Crippen molar-refractivity contribution in [1.82, 2.24) is 14.8 Å². The number of fused-ring (bicyclic) bond motifs is 1. The molecule has 0 saturated carbocycles. The van der Waals surface area contributed by atoms with Crippen molar-refractivity contribution in [1.29, 1.82) is 0 Å². The first-order valence-electron chi connectivity index (χ1n) is 8.85. The molecule has 1 aliphatic heterocycles. The average molecular weight is 352 g/mol. The second-order valence-corrected chi connectivity index (χ2v) is 6.67. The molecule has 3 rings (SSSR count). The summed E-state index contributed by atoms with van der Waals surface area (Å²) in [5, 5.41) is 2.89. The number of nitrogens with one attached hydrogen (secondary N) is 1. The van der Waals surface area contributed by atoms with Crippen LogP contribution in [0.4, 0.5) is 10.5 Å². The second kappa shape index (κ2) is 7.99. The summed E-state index contributed by atoms with van der Waals surface area (Å²) in [5.74, 6) is -0.191. The molecule has 1 aromatic heterocycles. The van der Waals surface area contributed by atoms with Crippen LogP contribution in [0.25, 0.3) is 0 Å². The molecule has 1 N–H and O–H groups in total. The van der Waals surface area contributed by atoms with Crippen molar-refractivity contribution >= 4 is 17.6 Å². The lowest BCUT2D eigenvalue weighted by atomic mass is 9.98. The first-order chi connectivity index (χ1) is 12.5. The van der Waals surface area contributed by atoms with E-state index >= 15 is 0 Å². The lowest BCUT2D eigenvalue weighted by Crippen LogP contribution is -2.38. The number of carbonyl (C=O) groups excluding carboxylic acids is 2. The van der Waals surface area contributed by atoms with Crippen LogP contribution in [0.1, 0.15) is 28.0 Å². The van der Waals surface area contributed by atoms with Crippen LogP contribution in [0.15, 0.2) is 42.6 Å². The monoisotopic (exact) mass is 352 g/mol. The van der Waals surface area contributed by atoms with Crippen molar-refractivity contribution < 1.29 is 9.59 Å². The van der Waals surface area contributed by atoms with Gasteiger partial charge in [-0.25, -0.2) is 4.79 Å². The van der Waals surface area contributed by atoms with E-state index in [4.69, 9.17) is 0 Å². The minimum atomic E-state index is -0.191. The van der Waals surface area contributed by atoms with Gasteiger partial charge >= 0.3 is 6.03 Å². The summed E-state index contributed by atoms with van der Waals surface area (Å²) < 4.78 is 0. The van der Waals surface area contributed by atoms with E-state index in [9.17, 15) is 9.59 Å². The van der Waals surface area contributed by atoms with E-state index in [-0.39, 0.29) is 11.9 Å². The first-order valence-corrected chi connectivity index (χ1v) is 8.85. The number of amides is 3. The number of aromatic nitrogens is 1. The number of hydrogen-bond acceptors (Lipinski definition) is 3. The number of urea groups is 1. The number of hydrogen-bond donors (Lipinski definition) is 1. The molecule has 0 atom stereocenters. The van der Waals surface area contributed by atoms with Crippen molar-refractivity contribution in [2.45, 2.75) is 19.3 Å². The molecule has 0 radical (unpaired) electrons. The minimum Gasteiger partial charge on any atom is -0.343 e. The van der Waals surface area contributed by atoms with Gasteiger partial charge in [-0.15, -0.1) is 0 Å². The van der Waals surface area contributed by atoms with Gasteiger partial charge in [0.05, 0.1) is 0 Å². The molecule has 2 heterocycles. The van der Waals surface area contributed by atoms with Crippen LogP contribution in [0, 0.1) is 0 Å². The second-order valence-electron chi connectivity index (χ2n) is 6.67. The van der Waals surface area contributed by atoms with E-state index in [1.54, 1.807) is 26.2 Å². The number of nitrogens with zero attached hydrogens (tertiary/aromatic N) is 3. The normalized spacial score (nSPS) is 14.0. The summed E-state index contributed by atoms with van der Waals surface area (Å²) in [6, 6.07) is 11.6. The fourth-order valence-corrected chi connectivity index (χ4v) is 3.13. The highest BCUT2D eigenvalue weighted by Gasteiger charge is 2.18. The zero-order chi connectivity index (χ0) is 18.5. The van der Waals surface area contributed by atoms with Crippen molar-refractivity contribution in [3.8, 4) is 0 Å². The molecule has 0 spiro atoms. The number of pyridine rings is 1. The van der Waals surface area contributed by atoms with E-state index in [2.05, 4.69) is 28.5 Å². The van der Waals surface area contributed by atoms with Gasteiger partial charge in [0, 0.05) is 39.1 Å². The van der Waals surface area contributed by atoms with Crippen LogP contribution in [-0.2, 0) is 12.8 Å². The van der Waals surface area contributed by atoms with Gasteiger partial charge in [-0.2, -0.15) is 0 Å². The van der Waals surface area contributed by atoms with Crippen LogP contribution >= 0.6 is 0 Å². The molecule has 3 amide bonds. The van der Waals surface area contributed by atoms with Gasteiger partial charge in [0.2, 0.25) is 0 Å². The summed E-state index contributed by atoms with van der Waals surface area (Å²) >= 11 is 0. The lowest BCUT2D eigenvalue weighted by molar-refractivity contribution is 0.0822. The molecular weight excluding hydrogens is 328 g/mol. The SMILES string of the molecule is CN(C)C(=O)c1cc(NC(=O)N2CCCc3ccccc3CC2)ccn1. The molecular formula is C20H24N4O2. The molecule has 136 valence electrons. The summed E-state index contributed by atoms with van der Waals surface area (Å²) in [7, 11) is 3.35. The fourth-order valence-electron chi connectivity index (χ4n) is 3.13. The average Bonchev–Trinajstić information content (AvgIpc) is 2.62. The van der Waals surface area contributed by atoms with Gasteiger partial charge < -0.3 is 15.1 Å². The third-order valence-corrected chi connectivity index (χ3v) is 4.57. The van der Waals surface area contributed by atoms with Crippen molar-refractivity contribution in [3.63, 3.8) is 0 Å². The van der Waals surface area contributed by atoms with Crippen LogP contribution in [0.2, 0.25) is 0 Å². The highest BCUT2D eigenvalue weighted by molar-refractivity contribution is 5.95. The maximum absolute atomic E-state index is 12.7. The molecule has 6 heteroatoms. The molecule has 0 aliphatic carbocycles. The molecule has 2 aromatic rings. The highest BCUT2D eigenvalue weighted by atomic mass is 16.2. The molecule has 26 heavy (non-hydrogen) atoms. The Morgan fingerprint density at radius 1 is 1.08 bits per heavy atom. The number of aryl methyl sites for hydroxylation is 1. The Kier molecular flexibility index (Phi) is 5.51. The maximum Gasteiger partial charge on any atom is 0.321 e. The van der Waals surface area contributed by atoms with Gasteiger partial charge in [0.15, 0.2) is 0 Å². The highest BCUT2D eigenvalue weighted by Crippen LogP contribution is 2.17. The van der Waals surface area contributed by atoms with Gasteiger partial charge in [0.1, 0.15) is 5.69 Å². The lowest BCUT2D eigenvalue weighted by Gasteiger charge is -2.26. The number of rotatable bonds is 2. The molecule has 0 bridgehead atoms. The Morgan fingerprint density at radius 3 is 2.54 bits per heavy atom. The molecule has 0 saturated heterocycles. The van der Waals surface area contributed by atoms with E-state index in [1.165, 1.54) is 22.2 Å². The third kappa shape index (κ3) is 4.20. The topological polar surface area (TPSA) is 65.5 Å². The number of carbonyl (C=O) groups is 2. The van der Waals surface area contributed by atoms with E-state index < -0.39 is 0 Å².